The van der Waals surface area contributed by atoms with E-state index in [2.05, 4.69) is 17.1 Å². The first-order valence-corrected chi connectivity index (χ1v) is 10.2. The Labute approximate surface area is 172 Å². The molecule has 1 aliphatic rings. The molecule has 0 radical (unpaired) electrons. The molecule has 9 heteroatoms. The smallest absolute Gasteiger partial charge is 0.149 e. The molecule has 0 atom stereocenters. The molecule has 0 amide bonds. The second-order valence-electron chi connectivity index (χ2n) is 7.70. The molecule has 1 aliphatic carbocycles. The first-order chi connectivity index (χ1) is 14.0. The average molecular weight is 412 g/mol. The number of pyridine rings is 1. The SMILES string of the molecule is CCn1ccc(-c2c(-c3nn(C(C)C)c4c(Cl)cnc(N)c34)noc2C2CC2)n1. The van der Waals surface area contributed by atoms with Gasteiger partial charge in [0.15, 0.2) is 0 Å². The van der Waals surface area contributed by atoms with Gasteiger partial charge in [0, 0.05) is 24.7 Å². The summed E-state index contributed by atoms with van der Waals surface area (Å²) in [5.41, 5.74) is 9.99. The molecule has 0 bridgehead atoms. The van der Waals surface area contributed by atoms with Crippen molar-refractivity contribution in [2.75, 3.05) is 5.73 Å². The molecule has 4 aromatic heterocycles. The van der Waals surface area contributed by atoms with Crippen molar-refractivity contribution < 1.29 is 4.52 Å². The fourth-order valence-electron chi connectivity index (χ4n) is 3.70. The van der Waals surface area contributed by atoms with Crippen LogP contribution in [0.4, 0.5) is 5.82 Å². The van der Waals surface area contributed by atoms with Gasteiger partial charge in [-0.3, -0.25) is 9.36 Å². The van der Waals surface area contributed by atoms with E-state index < -0.39 is 0 Å². The van der Waals surface area contributed by atoms with Gasteiger partial charge in [-0.2, -0.15) is 10.2 Å². The number of anilines is 1. The Bertz CT molecular complexity index is 1220. The number of hydrogen-bond donors (Lipinski definition) is 1. The molecule has 0 spiro atoms. The van der Waals surface area contributed by atoms with E-state index in [9.17, 15) is 0 Å². The summed E-state index contributed by atoms with van der Waals surface area (Å²) >= 11 is 6.49. The standard InChI is InChI=1S/C20H22ClN7O/c1-4-27-8-7-13(24-27)14-17(26-29-19(14)11-5-6-11)16-15-18(28(25-16)10(2)3)12(21)9-23-20(15)22/h7-11H,4-6H2,1-3H3,(H2,22,23). The number of nitrogen functional groups attached to an aromatic ring is 1. The lowest BCUT2D eigenvalue weighted by molar-refractivity contribution is 0.386. The highest BCUT2D eigenvalue weighted by Gasteiger charge is 2.35. The number of aromatic nitrogens is 6. The van der Waals surface area contributed by atoms with Crippen LogP contribution in [0.15, 0.2) is 23.0 Å². The molecule has 8 nitrogen and oxygen atoms in total. The lowest BCUT2D eigenvalue weighted by Crippen LogP contribution is -2.03. The molecule has 1 fully saturated rings. The number of rotatable bonds is 5. The molecule has 150 valence electrons. The lowest BCUT2D eigenvalue weighted by atomic mass is 10.0. The van der Waals surface area contributed by atoms with Gasteiger partial charge in [-0.05, 0) is 39.7 Å². The second-order valence-corrected chi connectivity index (χ2v) is 8.11. The zero-order valence-corrected chi connectivity index (χ0v) is 17.3. The normalized spacial score (nSPS) is 14.4. The Balaban J connectivity index is 1.81. The Morgan fingerprint density at radius 3 is 2.72 bits per heavy atom. The monoisotopic (exact) mass is 411 g/mol. The van der Waals surface area contributed by atoms with Gasteiger partial charge < -0.3 is 10.3 Å². The van der Waals surface area contributed by atoms with Crippen LogP contribution in [0.3, 0.4) is 0 Å². The number of halogens is 1. The molecule has 0 saturated heterocycles. The number of nitrogens with two attached hydrogens (primary N) is 1. The topological polar surface area (TPSA) is 101 Å². The summed E-state index contributed by atoms with van der Waals surface area (Å²) in [6.07, 6.45) is 5.70. The van der Waals surface area contributed by atoms with Crippen molar-refractivity contribution in [2.24, 2.45) is 0 Å². The van der Waals surface area contributed by atoms with Gasteiger partial charge in [0.1, 0.15) is 23.0 Å². The number of aryl methyl sites for hydroxylation is 1. The summed E-state index contributed by atoms with van der Waals surface area (Å²) in [4.78, 5) is 4.25. The van der Waals surface area contributed by atoms with E-state index >= 15 is 0 Å². The third-order valence-electron chi connectivity index (χ3n) is 5.31. The van der Waals surface area contributed by atoms with Gasteiger partial charge in [0.2, 0.25) is 0 Å². The van der Waals surface area contributed by atoms with Gasteiger partial charge in [-0.1, -0.05) is 16.8 Å². The first-order valence-electron chi connectivity index (χ1n) is 9.85. The minimum Gasteiger partial charge on any atom is -0.383 e. The minimum absolute atomic E-state index is 0.0862. The molecule has 0 aromatic carbocycles. The zero-order valence-electron chi connectivity index (χ0n) is 16.6. The summed E-state index contributed by atoms with van der Waals surface area (Å²) in [5.74, 6) is 1.60. The molecular weight excluding hydrogens is 390 g/mol. The van der Waals surface area contributed by atoms with Gasteiger partial charge in [0.25, 0.3) is 0 Å². The van der Waals surface area contributed by atoms with Gasteiger partial charge >= 0.3 is 0 Å². The van der Waals surface area contributed by atoms with Crippen LogP contribution >= 0.6 is 11.6 Å². The molecular formula is C20H22ClN7O. The van der Waals surface area contributed by atoms with E-state index in [0.717, 1.165) is 41.9 Å². The summed E-state index contributed by atoms with van der Waals surface area (Å²) in [5, 5.41) is 15.2. The van der Waals surface area contributed by atoms with Crippen molar-refractivity contribution >= 4 is 28.3 Å². The number of hydrogen-bond acceptors (Lipinski definition) is 6. The first kappa shape index (κ1) is 18.2. The van der Waals surface area contributed by atoms with Crippen LogP contribution in [0.5, 0.6) is 0 Å². The van der Waals surface area contributed by atoms with Gasteiger partial charge in [-0.15, -0.1) is 0 Å². The number of fused-ring (bicyclic) bond motifs is 1. The summed E-state index contributed by atoms with van der Waals surface area (Å²) in [6, 6.07) is 2.07. The van der Waals surface area contributed by atoms with E-state index in [4.69, 9.17) is 32.1 Å². The van der Waals surface area contributed by atoms with Gasteiger partial charge in [0.05, 0.1) is 33.4 Å². The molecule has 4 heterocycles. The van der Waals surface area contributed by atoms with E-state index in [0.29, 0.717) is 33.5 Å². The number of nitrogens with zero attached hydrogens (tertiary/aromatic N) is 6. The second kappa shape index (κ2) is 6.59. The maximum atomic E-state index is 6.49. The summed E-state index contributed by atoms with van der Waals surface area (Å²) in [6.45, 7) is 6.94. The highest BCUT2D eigenvalue weighted by atomic mass is 35.5. The maximum Gasteiger partial charge on any atom is 0.149 e. The predicted octanol–water partition coefficient (Wildman–Crippen LogP) is 4.66. The fourth-order valence-corrected chi connectivity index (χ4v) is 3.93. The van der Waals surface area contributed by atoms with Crippen molar-refractivity contribution in [1.82, 2.24) is 29.7 Å². The molecule has 0 unspecified atom stereocenters. The predicted molar refractivity (Wildman–Crippen MR) is 112 cm³/mol. The Hall–Kier alpha value is -2.87. The molecule has 29 heavy (non-hydrogen) atoms. The van der Waals surface area contributed by atoms with Crippen LogP contribution in [0.2, 0.25) is 5.02 Å². The fraction of sp³-hybridized carbons (Fsp3) is 0.400. The van der Waals surface area contributed by atoms with Crippen LogP contribution in [-0.2, 0) is 6.54 Å². The van der Waals surface area contributed by atoms with Crippen LogP contribution < -0.4 is 5.73 Å². The van der Waals surface area contributed by atoms with E-state index in [1.165, 1.54) is 0 Å². The molecule has 0 aliphatic heterocycles. The van der Waals surface area contributed by atoms with Crippen molar-refractivity contribution in [3.63, 3.8) is 0 Å². The lowest BCUT2D eigenvalue weighted by Gasteiger charge is -2.07. The quantitative estimate of drug-likeness (QED) is 0.512. The Morgan fingerprint density at radius 2 is 2.07 bits per heavy atom. The highest BCUT2D eigenvalue weighted by molar-refractivity contribution is 6.35. The third kappa shape index (κ3) is 2.81. The van der Waals surface area contributed by atoms with Crippen molar-refractivity contribution in [3.8, 4) is 22.6 Å². The third-order valence-corrected chi connectivity index (χ3v) is 5.59. The van der Waals surface area contributed by atoms with Crippen LogP contribution in [0, 0.1) is 0 Å². The largest absolute Gasteiger partial charge is 0.383 e. The Morgan fingerprint density at radius 1 is 1.28 bits per heavy atom. The summed E-state index contributed by atoms with van der Waals surface area (Å²) in [7, 11) is 0. The maximum absolute atomic E-state index is 6.49. The van der Waals surface area contributed by atoms with Crippen LogP contribution in [0.1, 0.15) is 51.3 Å². The Kier molecular flexibility index (Phi) is 4.13. The van der Waals surface area contributed by atoms with E-state index in [1.54, 1.807) is 6.20 Å². The minimum atomic E-state index is 0.0862. The van der Waals surface area contributed by atoms with Crippen LogP contribution in [0.25, 0.3) is 33.5 Å². The van der Waals surface area contributed by atoms with Gasteiger partial charge in [-0.25, -0.2) is 4.98 Å². The molecule has 4 aromatic rings. The van der Waals surface area contributed by atoms with Crippen molar-refractivity contribution in [2.45, 2.75) is 52.1 Å². The molecule has 5 rings (SSSR count). The highest BCUT2D eigenvalue weighted by Crippen LogP contribution is 2.48. The van der Waals surface area contributed by atoms with Crippen molar-refractivity contribution in [1.29, 1.82) is 0 Å². The zero-order chi connectivity index (χ0) is 20.3. The average Bonchev–Trinajstić information content (AvgIpc) is 3.13. The van der Waals surface area contributed by atoms with Crippen molar-refractivity contribution in [3.05, 3.63) is 29.2 Å². The van der Waals surface area contributed by atoms with E-state index in [1.807, 2.05) is 35.5 Å². The molecule has 2 N–H and O–H groups in total. The molecule has 1 saturated carbocycles. The summed E-state index contributed by atoms with van der Waals surface area (Å²) < 4.78 is 9.57. The van der Waals surface area contributed by atoms with E-state index in [-0.39, 0.29) is 6.04 Å². The van der Waals surface area contributed by atoms with Crippen LogP contribution in [-0.4, -0.2) is 29.7 Å².